The fourth-order valence-electron chi connectivity index (χ4n) is 1.60. The first kappa shape index (κ1) is 14.2. The lowest BCUT2D eigenvalue weighted by molar-refractivity contribution is -0.118. The molecule has 0 spiro atoms. The van der Waals surface area contributed by atoms with Gasteiger partial charge in [-0.15, -0.1) is 0 Å². The van der Waals surface area contributed by atoms with Crippen molar-refractivity contribution in [2.75, 3.05) is 11.9 Å². The monoisotopic (exact) mass is 274 g/mol. The van der Waals surface area contributed by atoms with Gasteiger partial charge in [0, 0.05) is 5.69 Å². The molecule has 0 atom stereocenters. The Morgan fingerprint density at radius 3 is 2.65 bits per heavy atom. The van der Waals surface area contributed by atoms with E-state index >= 15 is 0 Å². The topological polar surface area (TPSA) is 50.4 Å². The predicted octanol–water partition coefficient (Wildman–Crippen LogP) is 2.49. The predicted molar refractivity (Wildman–Crippen MR) is 74.3 cm³/mol. The van der Waals surface area contributed by atoms with Crippen LogP contribution in [-0.4, -0.2) is 12.5 Å². The Morgan fingerprint density at radius 1 is 1.10 bits per heavy atom. The molecule has 2 rings (SSSR count). The molecule has 0 unspecified atom stereocenters. The van der Waals surface area contributed by atoms with E-state index < -0.39 is 5.82 Å². The number of rotatable bonds is 6. The summed E-state index contributed by atoms with van der Waals surface area (Å²) in [6.07, 6.45) is 0. The van der Waals surface area contributed by atoms with E-state index in [2.05, 4.69) is 10.8 Å². The number of anilines is 1. The van der Waals surface area contributed by atoms with Gasteiger partial charge in [-0.05, 0) is 23.8 Å². The second-order valence-electron chi connectivity index (χ2n) is 4.15. The van der Waals surface area contributed by atoms with Crippen molar-refractivity contribution in [1.82, 2.24) is 5.48 Å². The molecule has 0 fully saturated rings. The van der Waals surface area contributed by atoms with Crippen molar-refractivity contribution in [1.29, 1.82) is 0 Å². The van der Waals surface area contributed by atoms with Gasteiger partial charge in [0.2, 0.25) is 5.91 Å². The first-order valence-corrected chi connectivity index (χ1v) is 6.18. The Morgan fingerprint density at radius 2 is 1.90 bits per heavy atom. The van der Waals surface area contributed by atoms with Gasteiger partial charge < -0.3 is 5.32 Å². The van der Waals surface area contributed by atoms with E-state index in [0.717, 1.165) is 5.56 Å². The molecule has 1 amide bonds. The molecule has 0 aromatic heterocycles. The van der Waals surface area contributed by atoms with Gasteiger partial charge in [0.1, 0.15) is 12.4 Å². The van der Waals surface area contributed by atoms with E-state index in [1.165, 1.54) is 18.2 Å². The number of hydrogen-bond acceptors (Lipinski definition) is 3. The number of nitrogens with one attached hydrogen (secondary N) is 2. The number of carbonyl (C=O) groups is 1. The normalized spacial score (nSPS) is 10.2. The molecule has 0 aliphatic rings. The molecule has 5 heteroatoms. The molecular weight excluding hydrogens is 259 g/mol. The zero-order chi connectivity index (χ0) is 14.2. The SMILES string of the molecule is O=C(CNOCc1ccccc1)Nc1cccc(F)c1. The second-order valence-corrected chi connectivity index (χ2v) is 4.15. The second kappa shape index (κ2) is 7.37. The summed E-state index contributed by atoms with van der Waals surface area (Å²) in [7, 11) is 0. The quantitative estimate of drug-likeness (QED) is 0.628. The average molecular weight is 274 g/mol. The summed E-state index contributed by atoms with van der Waals surface area (Å²) >= 11 is 0. The molecule has 0 aliphatic heterocycles. The lowest BCUT2D eigenvalue weighted by atomic mass is 10.2. The van der Waals surface area contributed by atoms with Crippen molar-refractivity contribution in [2.45, 2.75) is 6.61 Å². The van der Waals surface area contributed by atoms with Crippen LogP contribution in [0.15, 0.2) is 54.6 Å². The molecule has 0 bridgehead atoms. The van der Waals surface area contributed by atoms with Crippen LogP contribution in [0.2, 0.25) is 0 Å². The van der Waals surface area contributed by atoms with Gasteiger partial charge in [-0.25, -0.2) is 4.39 Å². The van der Waals surface area contributed by atoms with Crippen LogP contribution in [0.25, 0.3) is 0 Å². The minimum absolute atomic E-state index is 0.0106. The van der Waals surface area contributed by atoms with Gasteiger partial charge in [0.05, 0.1) is 6.61 Å². The highest BCUT2D eigenvalue weighted by Crippen LogP contribution is 2.08. The van der Waals surface area contributed by atoms with Crippen molar-refractivity contribution in [2.24, 2.45) is 0 Å². The van der Waals surface area contributed by atoms with E-state index in [9.17, 15) is 9.18 Å². The van der Waals surface area contributed by atoms with Crippen LogP contribution in [0.3, 0.4) is 0 Å². The molecule has 0 saturated heterocycles. The largest absolute Gasteiger partial charge is 0.325 e. The Hall–Kier alpha value is -2.24. The van der Waals surface area contributed by atoms with Crippen LogP contribution >= 0.6 is 0 Å². The van der Waals surface area contributed by atoms with Crippen molar-refractivity contribution in [3.8, 4) is 0 Å². The average Bonchev–Trinajstić information content (AvgIpc) is 2.45. The molecule has 0 radical (unpaired) electrons. The van der Waals surface area contributed by atoms with E-state index in [1.807, 2.05) is 30.3 Å². The lowest BCUT2D eigenvalue weighted by Crippen LogP contribution is -2.28. The standard InChI is InChI=1S/C15H15FN2O2/c16-13-7-4-8-14(9-13)18-15(19)10-17-20-11-12-5-2-1-3-6-12/h1-9,17H,10-11H2,(H,18,19). The molecule has 104 valence electrons. The van der Waals surface area contributed by atoms with Crippen LogP contribution in [0, 0.1) is 5.82 Å². The summed E-state index contributed by atoms with van der Waals surface area (Å²) in [4.78, 5) is 16.7. The van der Waals surface area contributed by atoms with Gasteiger partial charge >= 0.3 is 0 Å². The summed E-state index contributed by atoms with van der Waals surface area (Å²) in [6.45, 7) is 0.359. The Balaban J connectivity index is 1.68. The van der Waals surface area contributed by atoms with Crippen molar-refractivity contribution in [3.05, 3.63) is 66.0 Å². The third-order valence-corrected chi connectivity index (χ3v) is 2.52. The van der Waals surface area contributed by atoms with Gasteiger partial charge in [0.15, 0.2) is 0 Å². The summed E-state index contributed by atoms with van der Waals surface area (Å²) in [5.41, 5.74) is 3.98. The van der Waals surface area contributed by atoms with Crippen molar-refractivity contribution < 1.29 is 14.0 Å². The number of hydrogen-bond donors (Lipinski definition) is 2. The third kappa shape index (κ3) is 4.79. The molecule has 2 aromatic carbocycles. The maximum Gasteiger partial charge on any atom is 0.240 e. The number of benzene rings is 2. The van der Waals surface area contributed by atoms with E-state index in [4.69, 9.17) is 4.84 Å². The van der Waals surface area contributed by atoms with Crippen molar-refractivity contribution >= 4 is 11.6 Å². The molecule has 4 nitrogen and oxygen atoms in total. The van der Waals surface area contributed by atoms with Gasteiger partial charge in [-0.1, -0.05) is 36.4 Å². The van der Waals surface area contributed by atoms with Crippen LogP contribution in [0.4, 0.5) is 10.1 Å². The van der Waals surface area contributed by atoms with Gasteiger partial charge in [0.25, 0.3) is 0 Å². The van der Waals surface area contributed by atoms with Gasteiger partial charge in [-0.2, -0.15) is 5.48 Å². The molecule has 0 aliphatic carbocycles. The fraction of sp³-hybridized carbons (Fsp3) is 0.133. The molecule has 20 heavy (non-hydrogen) atoms. The summed E-state index contributed by atoms with van der Waals surface area (Å²) in [5.74, 6) is -0.695. The molecule has 0 heterocycles. The lowest BCUT2D eigenvalue weighted by Gasteiger charge is -2.07. The molecule has 2 N–H and O–H groups in total. The highest BCUT2D eigenvalue weighted by Gasteiger charge is 2.02. The number of hydroxylamine groups is 1. The van der Waals surface area contributed by atoms with E-state index in [0.29, 0.717) is 12.3 Å². The van der Waals surface area contributed by atoms with E-state index in [1.54, 1.807) is 6.07 Å². The molecular formula is C15H15FN2O2. The fourth-order valence-corrected chi connectivity index (χ4v) is 1.60. The molecule has 2 aromatic rings. The number of carbonyl (C=O) groups excluding carboxylic acids is 1. The summed E-state index contributed by atoms with van der Waals surface area (Å²) < 4.78 is 12.9. The summed E-state index contributed by atoms with van der Waals surface area (Å²) in [5, 5.41) is 2.56. The van der Waals surface area contributed by atoms with Crippen LogP contribution < -0.4 is 10.8 Å². The highest BCUT2D eigenvalue weighted by molar-refractivity contribution is 5.92. The Kier molecular flexibility index (Phi) is 5.23. The first-order chi connectivity index (χ1) is 9.74. The van der Waals surface area contributed by atoms with Gasteiger partial charge in [-0.3, -0.25) is 9.63 Å². The van der Waals surface area contributed by atoms with Crippen LogP contribution in [0.5, 0.6) is 0 Å². The van der Waals surface area contributed by atoms with Crippen LogP contribution in [-0.2, 0) is 16.2 Å². The molecule has 0 saturated carbocycles. The maximum atomic E-state index is 12.9. The highest BCUT2D eigenvalue weighted by atomic mass is 19.1. The van der Waals surface area contributed by atoms with Crippen molar-refractivity contribution in [3.63, 3.8) is 0 Å². The summed E-state index contributed by atoms with van der Waals surface area (Å²) in [6, 6.07) is 15.3. The third-order valence-electron chi connectivity index (χ3n) is 2.52. The van der Waals surface area contributed by atoms with E-state index in [-0.39, 0.29) is 12.5 Å². The maximum absolute atomic E-state index is 12.9. The Labute approximate surface area is 116 Å². The zero-order valence-corrected chi connectivity index (χ0v) is 10.8. The minimum Gasteiger partial charge on any atom is -0.325 e. The van der Waals surface area contributed by atoms with Crippen LogP contribution in [0.1, 0.15) is 5.56 Å². The first-order valence-electron chi connectivity index (χ1n) is 6.18. The smallest absolute Gasteiger partial charge is 0.240 e. The Bertz CT molecular complexity index is 561. The number of amides is 1. The number of halogens is 1. The zero-order valence-electron chi connectivity index (χ0n) is 10.8. The minimum atomic E-state index is -0.393.